The number of rotatable bonds is 7. The summed E-state index contributed by atoms with van der Waals surface area (Å²) < 4.78 is 14.8. The first-order valence-corrected chi connectivity index (χ1v) is 11.3. The van der Waals surface area contributed by atoms with Crippen molar-refractivity contribution in [3.63, 3.8) is 0 Å². The Balaban J connectivity index is 1.43. The first-order valence-electron chi connectivity index (χ1n) is 9.10. The molecule has 4 nitrogen and oxygen atoms in total. The molecule has 0 atom stereocenters. The zero-order chi connectivity index (χ0) is 21.3. The van der Waals surface area contributed by atoms with Crippen LogP contribution in [0.2, 0.25) is 0 Å². The van der Waals surface area contributed by atoms with Gasteiger partial charge in [-0.3, -0.25) is 4.79 Å². The second kappa shape index (κ2) is 11.1. The Kier molecular flexibility index (Phi) is 8.24. The van der Waals surface area contributed by atoms with Gasteiger partial charge >= 0.3 is 0 Å². The van der Waals surface area contributed by atoms with E-state index in [2.05, 4.69) is 44.0 Å². The van der Waals surface area contributed by atoms with E-state index in [1.54, 1.807) is 48.2 Å². The molecule has 0 aliphatic carbocycles. The fourth-order valence-corrected chi connectivity index (χ4v) is 4.14. The van der Waals surface area contributed by atoms with E-state index < -0.39 is 11.7 Å². The van der Waals surface area contributed by atoms with Gasteiger partial charge < -0.3 is 16.0 Å². The molecule has 0 aliphatic rings. The van der Waals surface area contributed by atoms with Crippen LogP contribution in [0.25, 0.3) is 0 Å². The smallest absolute Gasteiger partial charge is 0.258 e. The lowest BCUT2D eigenvalue weighted by molar-refractivity contribution is 0.102. The van der Waals surface area contributed by atoms with Crippen LogP contribution in [0.3, 0.4) is 0 Å². The average Bonchev–Trinajstić information content (AvgIpc) is 2.73. The Labute approximate surface area is 192 Å². The van der Waals surface area contributed by atoms with Crippen molar-refractivity contribution in [1.29, 1.82) is 0 Å². The number of hydrogen-bond donors (Lipinski definition) is 3. The molecule has 0 bridgehead atoms. The van der Waals surface area contributed by atoms with Crippen molar-refractivity contribution in [1.82, 2.24) is 5.32 Å². The number of nitrogens with one attached hydrogen (secondary N) is 3. The van der Waals surface area contributed by atoms with Crippen LogP contribution in [-0.2, 0) is 0 Å². The van der Waals surface area contributed by atoms with E-state index in [0.717, 1.165) is 22.5 Å². The molecule has 0 saturated carbocycles. The predicted octanol–water partition coefficient (Wildman–Crippen LogP) is 5.92. The lowest BCUT2D eigenvalue weighted by Crippen LogP contribution is -2.30. The van der Waals surface area contributed by atoms with Crippen LogP contribution >= 0.6 is 39.9 Å². The van der Waals surface area contributed by atoms with Crippen molar-refractivity contribution in [2.24, 2.45) is 0 Å². The van der Waals surface area contributed by atoms with Gasteiger partial charge in [0.05, 0.1) is 5.56 Å². The minimum absolute atomic E-state index is 0.00538. The number of carbonyl (C=O) groups excluding carboxylic acids is 1. The predicted molar refractivity (Wildman–Crippen MR) is 130 cm³/mol. The fourth-order valence-electron chi connectivity index (χ4n) is 2.55. The van der Waals surface area contributed by atoms with E-state index in [9.17, 15) is 9.18 Å². The third-order valence-corrected chi connectivity index (χ3v) is 5.71. The van der Waals surface area contributed by atoms with E-state index in [-0.39, 0.29) is 5.56 Å². The second-order valence-electron chi connectivity index (χ2n) is 6.20. The van der Waals surface area contributed by atoms with Crippen molar-refractivity contribution >= 4 is 62.3 Å². The van der Waals surface area contributed by atoms with Crippen LogP contribution < -0.4 is 16.0 Å². The molecule has 0 saturated heterocycles. The molecule has 30 heavy (non-hydrogen) atoms. The lowest BCUT2D eigenvalue weighted by atomic mass is 10.2. The number of halogens is 2. The number of amides is 1. The van der Waals surface area contributed by atoms with E-state index in [1.807, 2.05) is 12.1 Å². The van der Waals surface area contributed by atoms with E-state index in [1.165, 1.54) is 17.0 Å². The van der Waals surface area contributed by atoms with E-state index in [0.29, 0.717) is 10.8 Å². The van der Waals surface area contributed by atoms with Gasteiger partial charge in [-0.15, -0.1) is 11.8 Å². The van der Waals surface area contributed by atoms with Crippen LogP contribution in [0.15, 0.2) is 82.2 Å². The molecule has 0 heterocycles. The van der Waals surface area contributed by atoms with Crippen molar-refractivity contribution in [2.45, 2.75) is 4.90 Å². The summed E-state index contributed by atoms with van der Waals surface area (Å²) in [5.41, 5.74) is 1.36. The van der Waals surface area contributed by atoms with Gasteiger partial charge in [0.15, 0.2) is 5.11 Å². The van der Waals surface area contributed by atoms with Crippen molar-refractivity contribution in [3.05, 3.63) is 88.6 Å². The highest BCUT2D eigenvalue weighted by molar-refractivity contribution is 9.10. The van der Waals surface area contributed by atoms with Crippen molar-refractivity contribution in [2.75, 3.05) is 22.9 Å². The number of thiocarbonyl (C=S) groups is 1. The summed E-state index contributed by atoms with van der Waals surface area (Å²) >= 11 is 10.5. The van der Waals surface area contributed by atoms with E-state index in [4.69, 9.17) is 12.2 Å². The zero-order valence-electron chi connectivity index (χ0n) is 15.8. The highest BCUT2D eigenvalue weighted by atomic mass is 79.9. The Bertz CT molecular complexity index is 1030. The molecule has 3 N–H and O–H groups in total. The minimum Gasteiger partial charge on any atom is -0.362 e. The molecule has 0 spiro atoms. The van der Waals surface area contributed by atoms with Gasteiger partial charge in [0.1, 0.15) is 5.82 Å². The second-order valence-corrected chi connectivity index (χ2v) is 8.69. The third-order valence-electron chi connectivity index (χ3n) is 3.97. The third kappa shape index (κ3) is 6.83. The summed E-state index contributed by atoms with van der Waals surface area (Å²) in [6, 6.07) is 21.1. The highest BCUT2D eigenvalue weighted by Crippen LogP contribution is 2.21. The van der Waals surface area contributed by atoms with Crippen LogP contribution in [0.4, 0.5) is 15.8 Å². The molecule has 0 unspecified atom stereocenters. The summed E-state index contributed by atoms with van der Waals surface area (Å²) in [5, 5.41) is 9.47. The Morgan fingerprint density at radius 3 is 2.37 bits per heavy atom. The normalized spacial score (nSPS) is 10.3. The molecule has 0 radical (unpaired) electrons. The fraction of sp³-hybridized carbons (Fsp3) is 0.0909. The summed E-state index contributed by atoms with van der Waals surface area (Å²) in [5.74, 6) is -0.170. The van der Waals surface area contributed by atoms with Gasteiger partial charge in [-0.2, -0.15) is 0 Å². The lowest BCUT2D eigenvalue weighted by Gasteiger charge is -2.11. The molecular weight excluding hydrogens is 485 g/mol. The van der Waals surface area contributed by atoms with Gasteiger partial charge in [0, 0.05) is 33.0 Å². The molecule has 1 amide bonds. The molecule has 8 heteroatoms. The Hall–Kier alpha value is -2.42. The molecule has 0 aromatic heterocycles. The highest BCUT2D eigenvalue weighted by Gasteiger charge is 2.10. The van der Waals surface area contributed by atoms with Gasteiger partial charge in [0.2, 0.25) is 0 Å². The molecule has 0 aliphatic heterocycles. The minimum atomic E-state index is -0.553. The van der Waals surface area contributed by atoms with Gasteiger partial charge in [0.25, 0.3) is 5.91 Å². The molecule has 3 rings (SSSR count). The Morgan fingerprint density at radius 1 is 0.967 bits per heavy atom. The largest absolute Gasteiger partial charge is 0.362 e. The van der Waals surface area contributed by atoms with Crippen LogP contribution in [0.5, 0.6) is 0 Å². The number of benzene rings is 3. The summed E-state index contributed by atoms with van der Waals surface area (Å²) in [6.07, 6.45) is 0. The van der Waals surface area contributed by atoms with Crippen molar-refractivity contribution in [3.8, 4) is 0 Å². The molecule has 3 aromatic rings. The van der Waals surface area contributed by atoms with Crippen LogP contribution in [0, 0.1) is 5.82 Å². The topological polar surface area (TPSA) is 53.2 Å². The number of thioether (sulfide) groups is 1. The maximum Gasteiger partial charge on any atom is 0.258 e. The maximum absolute atomic E-state index is 13.7. The first-order chi connectivity index (χ1) is 14.5. The van der Waals surface area contributed by atoms with Crippen LogP contribution in [0.1, 0.15) is 10.4 Å². The standard InChI is InChI=1S/C22H19BrFN3OS2/c23-15-4-3-5-18(14-15)30-13-12-25-22(29)27-17-10-8-16(9-11-17)26-21(28)19-6-1-2-7-20(19)24/h1-11,14H,12-13H2,(H,26,28)(H2,25,27,29). The summed E-state index contributed by atoms with van der Waals surface area (Å²) in [7, 11) is 0. The average molecular weight is 504 g/mol. The molecule has 3 aromatic carbocycles. The monoisotopic (exact) mass is 503 g/mol. The van der Waals surface area contributed by atoms with Gasteiger partial charge in [-0.05, 0) is 66.8 Å². The molecule has 0 fully saturated rings. The quantitative estimate of drug-likeness (QED) is 0.212. The first kappa shape index (κ1) is 22.3. The van der Waals surface area contributed by atoms with Gasteiger partial charge in [-0.1, -0.05) is 34.1 Å². The van der Waals surface area contributed by atoms with E-state index >= 15 is 0 Å². The van der Waals surface area contributed by atoms with Crippen LogP contribution in [-0.4, -0.2) is 23.3 Å². The number of hydrogen-bond acceptors (Lipinski definition) is 3. The van der Waals surface area contributed by atoms with Gasteiger partial charge in [-0.25, -0.2) is 4.39 Å². The van der Waals surface area contributed by atoms with Crippen molar-refractivity contribution < 1.29 is 9.18 Å². The number of carbonyl (C=O) groups is 1. The Morgan fingerprint density at radius 2 is 1.67 bits per heavy atom. The summed E-state index contributed by atoms with van der Waals surface area (Å²) in [4.78, 5) is 13.4. The summed E-state index contributed by atoms with van der Waals surface area (Å²) in [6.45, 7) is 0.722. The maximum atomic E-state index is 13.7. The number of anilines is 2. The SMILES string of the molecule is O=C(Nc1ccc(NC(=S)NCCSc2cccc(Br)c2)cc1)c1ccccc1F. The zero-order valence-corrected chi connectivity index (χ0v) is 19.0. The molecule has 154 valence electrons. The molecular formula is C22H19BrFN3OS2.